The number of nitrogens with one attached hydrogen (secondary N) is 2. The maximum absolute atomic E-state index is 12.9. The Balaban J connectivity index is 1.65. The molecule has 2 N–H and O–H groups in total. The predicted molar refractivity (Wildman–Crippen MR) is 116 cm³/mol. The third kappa shape index (κ3) is 6.04. The van der Waals surface area contributed by atoms with E-state index < -0.39 is 0 Å². The van der Waals surface area contributed by atoms with Gasteiger partial charge in [0.05, 0.1) is 12.0 Å². The zero-order valence-electron chi connectivity index (χ0n) is 17.5. The van der Waals surface area contributed by atoms with Gasteiger partial charge in [-0.1, -0.05) is 12.1 Å². The number of carbonyl (C=O) groups excluding carboxylic acids is 2. The first kappa shape index (κ1) is 20.8. The highest BCUT2D eigenvalue weighted by Gasteiger charge is 2.20. The lowest BCUT2D eigenvalue weighted by Gasteiger charge is -2.29. The fourth-order valence-electron chi connectivity index (χ4n) is 3.48. The molecular formula is C23H30N4O2. The van der Waals surface area contributed by atoms with E-state index >= 15 is 0 Å². The molecule has 0 bridgehead atoms. The number of hydrogen-bond acceptors (Lipinski definition) is 4. The number of benzene rings is 1. The molecule has 2 aromatic rings. The molecule has 2 amide bonds. The Kier molecular flexibility index (Phi) is 6.52. The van der Waals surface area contributed by atoms with E-state index in [1.54, 1.807) is 12.3 Å². The van der Waals surface area contributed by atoms with E-state index in [1.165, 1.54) is 6.42 Å². The molecule has 1 saturated heterocycles. The number of hydrogen-bond donors (Lipinski definition) is 2. The van der Waals surface area contributed by atoms with Crippen LogP contribution in [0.15, 0.2) is 42.6 Å². The van der Waals surface area contributed by atoms with Gasteiger partial charge in [0.15, 0.2) is 0 Å². The van der Waals surface area contributed by atoms with E-state index in [2.05, 4.69) is 20.5 Å². The molecular weight excluding hydrogens is 364 g/mol. The van der Waals surface area contributed by atoms with E-state index in [0.29, 0.717) is 17.7 Å². The van der Waals surface area contributed by atoms with Crippen LogP contribution in [-0.4, -0.2) is 35.4 Å². The number of carbonyl (C=O) groups is 2. The lowest BCUT2D eigenvalue weighted by molar-refractivity contribution is -0.121. The molecule has 2 heterocycles. The molecule has 3 rings (SSSR count). The van der Waals surface area contributed by atoms with Crippen LogP contribution in [0, 0.1) is 0 Å². The summed E-state index contributed by atoms with van der Waals surface area (Å²) < 4.78 is 0. The van der Waals surface area contributed by atoms with Gasteiger partial charge in [0.25, 0.3) is 5.91 Å². The summed E-state index contributed by atoms with van der Waals surface area (Å²) in [5.41, 5.74) is 1.94. The van der Waals surface area contributed by atoms with Crippen LogP contribution < -0.4 is 15.5 Å². The molecule has 1 aliphatic rings. The van der Waals surface area contributed by atoms with Gasteiger partial charge >= 0.3 is 0 Å². The number of amides is 2. The first-order chi connectivity index (χ1) is 13.8. The molecule has 1 aromatic heterocycles. The van der Waals surface area contributed by atoms with Crippen molar-refractivity contribution in [2.75, 3.05) is 23.3 Å². The Morgan fingerprint density at radius 2 is 1.72 bits per heavy atom. The van der Waals surface area contributed by atoms with E-state index in [1.807, 2.05) is 51.1 Å². The Morgan fingerprint density at radius 3 is 2.38 bits per heavy atom. The maximum atomic E-state index is 12.9. The van der Waals surface area contributed by atoms with Gasteiger partial charge in [0.1, 0.15) is 5.82 Å². The molecule has 6 heteroatoms. The Bertz CT molecular complexity index is 850. The van der Waals surface area contributed by atoms with Crippen LogP contribution in [0.4, 0.5) is 11.5 Å². The van der Waals surface area contributed by atoms with Crippen LogP contribution in [0.5, 0.6) is 0 Å². The maximum Gasteiger partial charge on any atom is 0.259 e. The molecule has 0 saturated carbocycles. The van der Waals surface area contributed by atoms with Crippen LogP contribution >= 0.6 is 0 Å². The lowest BCUT2D eigenvalue weighted by Crippen LogP contribution is -2.41. The average molecular weight is 395 g/mol. The van der Waals surface area contributed by atoms with E-state index in [4.69, 9.17) is 0 Å². The van der Waals surface area contributed by atoms with Crippen molar-refractivity contribution in [1.82, 2.24) is 10.3 Å². The van der Waals surface area contributed by atoms with Crippen molar-refractivity contribution >= 4 is 23.3 Å². The summed E-state index contributed by atoms with van der Waals surface area (Å²) in [7, 11) is 0. The first-order valence-electron chi connectivity index (χ1n) is 10.2. The molecule has 154 valence electrons. The van der Waals surface area contributed by atoms with Gasteiger partial charge in [0.2, 0.25) is 5.91 Å². The van der Waals surface area contributed by atoms with Crippen LogP contribution in [-0.2, 0) is 11.2 Å². The Morgan fingerprint density at radius 1 is 1.03 bits per heavy atom. The normalized spacial score (nSPS) is 14.4. The monoisotopic (exact) mass is 394 g/mol. The van der Waals surface area contributed by atoms with Gasteiger partial charge < -0.3 is 15.5 Å². The minimum atomic E-state index is -0.249. The molecule has 29 heavy (non-hydrogen) atoms. The van der Waals surface area contributed by atoms with E-state index in [0.717, 1.165) is 37.3 Å². The molecule has 1 aliphatic heterocycles. The predicted octanol–water partition coefficient (Wildman–Crippen LogP) is 3.78. The Hall–Kier alpha value is -2.89. The summed E-state index contributed by atoms with van der Waals surface area (Å²) in [6, 6.07) is 11.0. The highest BCUT2D eigenvalue weighted by Crippen LogP contribution is 2.23. The van der Waals surface area contributed by atoms with Crippen molar-refractivity contribution < 1.29 is 9.59 Å². The highest BCUT2D eigenvalue weighted by molar-refractivity contribution is 6.07. The van der Waals surface area contributed by atoms with Gasteiger partial charge in [-0.3, -0.25) is 9.59 Å². The van der Waals surface area contributed by atoms with E-state index in [-0.39, 0.29) is 17.4 Å². The SMILES string of the molecule is CC(C)(C)NC(=O)Cc1ccc(NC(=O)c2cccnc2N2CCCCC2)cc1. The number of nitrogens with zero attached hydrogens (tertiary/aromatic N) is 2. The van der Waals surface area contributed by atoms with Crippen molar-refractivity contribution in [1.29, 1.82) is 0 Å². The minimum Gasteiger partial charge on any atom is -0.356 e. The fourth-order valence-corrected chi connectivity index (χ4v) is 3.48. The average Bonchev–Trinajstić information content (AvgIpc) is 2.68. The smallest absolute Gasteiger partial charge is 0.259 e. The Labute approximate surface area is 172 Å². The van der Waals surface area contributed by atoms with Gasteiger partial charge in [-0.05, 0) is 69.9 Å². The fraction of sp³-hybridized carbons (Fsp3) is 0.435. The summed E-state index contributed by atoms with van der Waals surface area (Å²) in [6.07, 6.45) is 5.53. The van der Waals surface area contributed by atoms with Gasteiger partial charge in [-0.2, -0.15) is 0 Å². The minimum absolute atomic E-state index is 0.0178. The highest BCUT2D eigenvalue weighted by atomic mass is 16.2. The van der Waals surface area contributed by atoms with Crippen molar-refractivity contribution in [2.45, 2.75) is 52.0 Å². The third-order valence-electron chi connectivity index (χ3n) is 4.78. The van der Waals surface area contributed by atoms with Gasteiger partial charge in [-0.25, -0.2) is 4.98 Å². The van der Waals surface area contributed by atoms with Crippen molar-refractivity contribution in [3.8, 4) is 0 Å². The number of rotatable bonds is 5. The molecule has 0 spiro atoms. The molecule has 0 aliphatic carbocycles. The summed E-state index contributed by atoms with van der Waals surface area (Å²) in [5, 5.41) is 5.90. The second-order valence-electron chi connectivity index (χ2n) is 8.55. The molecule has 0 radical (unpaired) electrons. The molecule has 1 aromatic carbocycles. The summed E-state index contributed by atoms with van der Waals surface area (Å²) in [4.78, 5) is 31.6. The summed E-state index contributed by atoms with van der Waals surface area (Å²) >= 11 is 0. The summed E-state index contributed by atoms with van der Waals surface area (Å²) in [5.74, 6) is 0.563. The molecule has 0 atom stereocenters. The van der Waals surface area contributed by atoms with Crippen molar-refractivity contribution in [3.05, 3.63) is 53.7 Å². The molecule has 6 nitrogen and oxygen atoms in total. The largest absolute Gasteiger partial charge is 0.356 e. The van der Waals surface area contributed by atoms with Crippen molar-refractivity contribution in [2.24, 2.45) is 0 Å². The lowest BCUT2D eigenvalue weighted by atomic mass is 10.1. The van der Waals surface area contributed by atoms with Crippen molar-refractivity contribution in [3.63, 3.8) is 0 Å². The molecule has 1 fully saturated rings. The second-order valence-corrected chi connectivity index (χ2v) is 8.55. The zero-order chi connectivity index (χ0) is 20.9. The topological polar surface area (TPSA) is 74.3 Å². The van der Waals surface area contributed by atoms with Gasteiger partial charge in [0, 0.05) is 30.5 Å². The van der Waals surface area contributed by atoms with Crippen LogP contribution in [0.25, 0.3) is 0 Å². The van der Waals surface area contributed by atoms with Crippen LogP contribution in [0.2, 0.25) is 0 Å². The number of piperidine rings is 1. The third-order valence-corrected chi connectivity index (χ3v) is 4.78. The van der Waals surface area contributed by atoms with Gasteiger partial charge in [-0.15, -0.1) is 0 Å². The first-order valence-corrected chi connectivity index (χ1v) is 10.2. The summed E-state index contributed by atoms with van der Waals surface area (Å²) in [6.45, 7) is 7.74. The number of anilines is 2. The van der Waals surface area contributed by atoms with E-state index in [9.17, 15) is 9.59 Å². The number of aromatic nitrogens is 1. The second kappa shape index (κ2) is 9.07. The van der Waals surface area contributed by atoms with Crippen LogP contribution in [0.3, 0.4) is 0 Å². The molecule has 0 unspecified atom stereocenters. The zero-order valence-corrected chi connectivity index (χ0v) is 17.5. The number of pyridine rings is 1. The quantitative estimate of drug-likeness (QED) is 0.809. The standard InChI is InChI=1S/C23H30N4O2/c1-23(2,3)26-20(28)16-17-9-11-18(12-10-17)25-22(29)19-8-7-13-24-21(19)27-14-5-4-6-15-27/h7-13H,4-6,14-16H2,1-3H3,(H,25,29)(H,26,28). The van der Waals surface area contributed by atoms with Crippen LogP contribution in [0.1, 0.15) is 56.0 Å².